The van der Waals surface area contributed by atoms with Gasteiger partial charge in [-0.25, -0.2) is 0 Å². The van der Waals surface area contributed by atoms with Gasteiger partial charge in [0.05, 0.1) is 24.7 Å². The Morgan fingerprint density at radius 1 is 1.04 bits per heavy atom. The molecule has 47 heavy (non-hydrogen) atoms. The Bertz CT molecular complexity index is 1450. The normalized spacial score (nSPS) is 38.2. The van der Waals surface area contributed by atoms with Crippen molar-refractivity contribution in [3.63, 3.8) is 0 Å². The van der Waals surface area contributed by atoms with E-state index in [4.69, 9.17) is 4.74 Å². The van der Waals surface area contributed by atoms with Crippen molar-refractivity contribution in [2.75, 3.05) is 26.2 Å². The van der Waals surface area contributed by atoms with Gasteiger partial charge in [-0.1, -0.05) is 67.8 Å². The van der Waals surface area contributed by atoms with Crippen LogP contribution in [0.15, 0.2) is 53.1 Å². The first-order valence-corrected chi connectivity index (χ1v) is 18.5. The van der Waals surface area contributed by atoms with Crippen molar-refractivity contribution in [2.45, 2.75) is 110 Å². The number of nitrogens with one attached hydrogen (secondary N) is 2. The maximum absolute atomic E-state index is 12.6. The second kappa shape index (κ2) is 12.9. The van der Waals surface area contributed by atoms with E-state index in [0.717, 1.165) is 56.7 Å². The Hall–Kier alpha value is -2.77. The van der Waals surface area contributed by atoms with Crippen LogP contribution in [0, 0.1) is 35.0 Å². The van der Waals surface area contributed by atoms with Crippen LogP contribution in [0.1, 0.15) is 91.0 Å². The van der Waals surface area contributed by atoms with E-state index in [2.05, 4.69) is 43.2 Å². The molecular formula is C40H55N3O4. The number of carbonyl (C=O) groups is 3. The predicted octanol–water partition coefficient (Wildman–Crippen LogP) is 5.79. The minimum Gasteiger partial charge on any atom is -0.369 e. The molecule has 7 nitrogen and oxygen atoms in total. The highest BCUT2D eigenvalue weighted by Gasteiger charge is 2.59. The zero-order valence-corrected chi connectivity index (χ0v) is 29.0. The van der Waals surface area contributed by atoms with Crippen molar-refractivity contribution in [3.05, 3.63) is 58.7 Å². The second-order valence-electron chi connectivity index (χ2n) is 16.3. The summed E-state index contributed by atoms with van der Waals surface area (Å²) in [5.41, 5.74) is 5.76. The van der Waals surface area contributed by atoms with Crippen LogP contribution in [-0.4, -0.2) is 66.4 Å². The number of rotatable bonds is 7. The van der Waals surface area contributed by atoms with Crippen LogP contribution in [0.3, 0.4) is 0 Å². The van der Waals surface area contributed by atoms with E-state index in [0.29, 0.717) is 48.5 Å². The van der Waals surface area contributed by atoms with E-state index in [9.17, 15) is 14.4 Å². The first kappa shape index (κ1) is 32.8. The highest BCUT2D eigenvalue weighted by Crippen LogP contribution is 2.64. The molecule has 0 bridgehead atoms. The Morgan fingerprint density at radius 3 is 2.66 bits per heavy atom. The second-order valence-corrected chi connectivity index (χ2v) is 16.3. The summed E-state index contributed by atoms with van der Waals surface area (Å²) < 4.78 is 7.26. The van der Waals surface area contributed by atoms with E-state index in [-0.39, 0.29) is 41.9 Å². The molecule has 0 aromatic heterocycles. The van der Waals surface area contributed by atoms with Gasteiger partial charge in [-0.2, -0.15) is 0 Å². The molecule has 4 fully saturated rings. The molecule has 2 saturated heterocycles. The minimum atomic E-state index is -0.143. The van der Waals surface area contributed by atoms with Gasteiger partial charge in [0.15, 0.2) is 5.78 Å². The van der Waals surface area contributed by atoms with Crippen molar-refractivity contribution >= 4 is 17.6 Å². The molecule has 7 heteroatoms. The molecule has 9 atom stereocenters. The Morgan fingerprint density at radius 2 is 1.85 bits per heavy atom. The fourth-order valence-electron chi connectivity index (χ4n) is 11.2. The van der Waals surface area contributed by atoms with E-state index in [1.54, 1.807) is 11.1 Å². The SMILES string of the molecule is CC1=C2C[C@H]3[C@@H](CCC4=CC(=O)CC[C@@]43C)[C@@H]2CC[C@@]2(C1)O[C@@H]1C[C@H](C)CN(CCNC(=O)CNC(=O)Cc3ccccc3)[C@H]1[C@H]2C. The fraction of sp³-hybridized carbons (Fsp3) is 0.675. The number of hydrogen-bond acceptors (Lipinski definition) is 5. The number of likely N-dealkylation sites (tertiary alicyclic amines) is 1. The van der Waals surface area contributed by atoms with Gasteiger partial charge in [0.1, 0.15) is 0 Å². The highest BCUT2D eigenvalue weighted by atomic mass is 16.5. The van der Waals surface area contributed by atoms with E-state index >= 15 is 0 Å². The van der Waals surface area contributed by atoms with Crippen LogP contribution in [0.4, 0.5) is 0 Å². The molecule has 6 aliphatic rings. The van der Waals surface area contributed by atoms with Gasteiger partial charge in [0.25, 0.3) is 0 Å². The standard InChI is InChI=1S/C40H55N3O4/c1-25-18-35-38(43(24-25)17-16-41-37(46)23-42-36(45)19-28-8-6-5-7-9-28)27(3)40(47-35)15-13-31-32-11-10-29-20-30(44)12-14-39(29,4)34(32)21-33(31)26(2)22-40/h5-9,20,25,27,31-32,34-35,38H,10-19,21-24H2,1-4H3,(H,41,46)(H,42,45)/t25-,27+,31-,32-,34-,35+,38-,39-,40-/m0/s1. The summed E-state index contributed by atoms with van der Waals surface area (Å²) in [6.45, 7) is 12.0. The fourth-order valence-corrected chi connectivity index (χ4v) is 11.2. The number of fused-ring (bicyclic) bond motifs is 6. The summed E-state index contributed by atoms with van der Waals surface area (Å²) >= 11 is 0. The van der Waals surface area contributed by atoms with Crippen molar-refractivity contribution in [3.8, 4) is 0 Å². The summed E-state index contributed by atoms with van der Waals surface area (Å²) in [5.74, 6) is 3.08. The predicted molar refractivity (Wildman–Crippen MR) is 183 cm³/mol. The van der Waals surface area contributed by atoms with E-state index < -0.39 is 0 Å². The molecule has 1 aromatic carbocycles. The number of ether oxygens (including phenoxy) is 1. The zero-order chi connectivity index (χ0) is 32.9. The molecular weight excluding hydrogens is 586 g/mol. The third-order valence-corrected chi connectivity index (χ3v) is 13.5. The van der Waals surface area contributed by atoms with Crippen LogP contribution in [0.2, 0.25) is 0 Å². The van der Waals surface area contributed by atoms with Gasteiger partial charge < -0.3 is 15.4 Å². The largest absolute Gasteiger partial charge is 0.369 e. The number of benzene rings is 1. The van der Waals surface area contributed by atoms with Crippen molar-refractivity contribution in [1.29, 1.82) is 0 Å². The molecule has 7 rings (SSSR count). The minimum absolute atomic E-state index is 0.00257. The lowest BCUT2D eigenvalue weighted by molar-refractivity contribution is -0.125. The topological polar surface area (TPSA) is 87.7 Å². The highest BCUT2D eigenvalue weighted by molar-refractivity contribution is 5.91. The van der Waals surface area contributed by atoms with Crippen LogP contribution in [0.5, 0.6) is 0 Å². The molecule has 254 valence electrons. The number of amides is 2. The molecule has 2 amide bonds. The zero-order valence-electron chi connectivity index (χ0n) is 29.0. The summed E-state index contributed by atoms with van der Waals surface area (Å²) in [7, 11) is 0. The van der Waals surface area contributed by atoms with Crippen molar-refractivity contribution in [2.24, 2.45) is 35.0 Å². The molecule has 2 N–H and O–H groups in total. The molecule has 2 saturated carbocycles. The first-order chi connectivity index (χ1) is 22.6. The number of allylic oxidation sites excluding steroid dienone is 3. The van der Waals surface area contributed by atoms with Gasteiger partial charge in [0.2, 0.25) is 11.8 Å². The average molecular weight is 642 g/mol. The number of ketones is 1. The maximum atomic E-state index is 12.6. The van der Waals surface area contributed by atoms with Crippen molar-refractivity contribution in [1.82, 2.24) is 15.5 Å². The van der Waals surface area contributed by atoms with Gasteiger partial charge >= 0.3 is 0 Å². The number of hydrogen-bond donors (Lipinski definition) is 2. The average Bonchev–Trinajstić information content (AvgIpc) is 3.50. The quantitative estimate of drug-likeness (QED) is 0.369. The van der Waals surface area contributed by atoms with Gasteiger partial charge in [0, 0.05) is 38.0 Å². The lowest BCUT2D eigenvalue weighted by Gasteiger charge is -2.48. The van der Waals surface area contributed by atoms with Gasteiger partial charge in [-0.15, -0.1) is 0 Å². The summed E-state index contributed by atoms with van der Waals surface area (Å²) in [5, 5.41) is 5.82. The van der Waals surface area contributed by atoms with Crippen LogP contribution in [-0.2, 0) is 25.5 Å². The molecule has 1 aromatic rings. The third-order valence-electron chi connectivity index (χ3n) is 13.5. The Kier molecular flexibility index (Phi) is 9.01. The smallest absolute Gasteiger partial charge is 0.239 e. The van der Waals surface area contributed by atoms with E-state index in [1.165, 1.54) is 24.8 Å². The molecule has 1 spiro atoms. The van der Waals surface area contributed by atoms with Crippen LogP contribution >= 0.6 is 0 Å². The summed E-state index contributed by atoms with van der Waals surface area (Å²) in [6.07, 6.45) is 12.3. The monoisotopic (exact) mass is 641 g/mol. The Labute approximate surface area is 281 Å². The molecule has 2 heterocycles. The molecule has 2 aliphatic heterocycles. The van der Waals surface area contributed by atoms with Crippen LogP contribution < -0.4 is 10.6 Å². The first-order valence-electron chi connectivity index (χ1n) is 18.5. The molecule has 0 radical (unpaired) electrons. The van der Waals surface area contributed by atoms with Crippen molar-refractivity contribution < 1.29 is 19.1 Å². The lowest BCUT2D eigenvalue weighted by Crippen LogP contribution is -2.54. The third kappa shape index (κ3) is 6.16. The Balaban J connectivity index is 0.978. The summed E-state index contributed by atoms with van der Waals surface area (Å²) in [6, 6.07) is 9.96. The number of carbonyl (C=O) groups excluding carboxylic acids is 3. The van der Waals surface area contributed by atoms with Gasteiger partial charge in [-0.3, -0.25) is 19.3 Å². The van der Waals surface area contributed by atoms with E-state index in [1.807, 2.05) is 36.4 Å². The maximum Gasteiger partial charge on any atom is 0.239 e. The molecule has 4 aliphatic carbocycles. The van der Waals surface area contributed by atoms with Gasteiger partial charge in [-0.05, 0) is 99.0 Å². The molecule has 0 unspecified atom stereocenters. The number of piperidine rings is 1. The van der Waals surface area contributed by atoms with Crippen LogP contribution in [0.25, 0.3) is 0 Å². The lowest BCUT2D eigenvalue weighted by atomic mass is 9.56. The number of nitrogens with zero attached hydrogens (tertiary/aromatic N) is 1. The summed E-state index contributed by atoms with van der Waals surface area (Å²) in [4.78, 5) is 39.8.